The molecule has 1 amide bonds. The van der Waals surface area contributed by atoms with Crippen LogP contribution in [0.25, 0.3) is 0 Å². The van der Waals surface area contributed by atoms with Crippen LogP contribution in [0.3, 0.4) is 0 Å². The minimum Gasteiger partial charge on any atom is -0.507 e. The highest BCUT2D eigenvalue weighted by Gasteiger charge is 2.08. The lowest BCUT2D eigenvalue weighted by molar-refractivity contribution is -0.384. The van der Waals surface area contributed by atoms with Crippen LogP contribution in [0.15, 0.2) is 47.6 Å². The monoisotopic (exact) mass is 299 g/mol. The third-order valence-corrected chi connectivity index (χ3v) is 2.89. The number of nitro groups is 1. The van der Waals surface area contributed by atoms with Gasteiger partial charge in [-0.1, -0.05) is 11.6 Å². The summed E-state index contributed by atoms with van der Waals surface area (Å²) in [5.41, 5.74) is 3.87. The number of rotatable bonds is 4. The number of hydrogen-bond donors (Lipinski definition) is 2. The second kappa shape index (κ2) is 6.49. The summed E-state index contributed by atoms with van der Waals surface area (Å²) in [5.74, 6) is -0.447. The molecule has 0 heterocycles. The molecule has 0 saturated heterocycles. The van der Waals surface area contributed by atoms with Gasteiger partial charge in [-0.3, -0.25) is 14.9 Å². The third-order valence-electron chi connectivity index (χ3n) is 2.89. The fourth-order valence-electron chi connectivity index (χ4n) is 1.74. The molecule has 0 spiro atoms. The maximum absolute atomic E-state index is 11.8. The molecular weight excluding hydrogens is 286 g/mol. The Bertz CT molecular complexity index is 739. The summed E-state index contributed by atoms with van der Waals surface area (Å²) < 4.78 is 0. The minimum absolute atomic E-state index is 0.0546. The van der Waals surface area contributed by atoms with Crippen molar-refractivity contribution in [2.24, 2.45) is 5.10 Å². The number of hydrazone groups is 1. The summed E-state index contributed by atoms with van der Waals surface area (Å²) in [4.78, 5) is 21.8. The van der Waals surface area contributed by atoms with Crippen molar-refractivity contribution in [3.63, 3.8) is 0 Å². The number of nitro benzene ring substituents is 1. The Balaban J connectivity index is 2.04. The van der Waals surface area contributed by atoms with E-state index in [1.807, 2.05) is 6.92 Å². The molecule has 2 N–H and O–H groups in total. The first-order chi connectivity index (χ1) is 10.5. The van der Waals surface area contributed by atoms with Crippen LogP contribution >= 0.6 is 0 Å². The first kappa shape index (κ1) is 15.2. The second-order valence-corrected chi connectivity index (χ2v) is 4.57. The van der Waals surface area contributed by atoms with Crippen LogP contribution in [-0.2, 0) is 0 Å². The van der Waals surface area contributed by atoms with Gasteiger partial charge in [0.2, 0.25) is 0 Å². The van der Waals surface area contributed by atoms with E-state index in [1.165, 1.54) is 36.5 Å². The van der Waals surface area contributed by atoms with Gasteiger partial charge < -0.3 is 5.11 Å². The Labute approximate surface area is 126 Å². The highest BCUT2D eigenvalue weighted by atomic mass is 16.6. The lowest BCUT2D eigenvalue weighted by atomic mass is 10.1. The molecule has 0 aliphatic rings. The van der Waals surface area contributed by atoms with Crippen LogP contribution in [0.5, 0.6) is 5.75 Å². The Morgan fingerprint density at radius 3 is 2.59 bits per heavy atom. The van der Waals surface area contributed by atoms with Crippen molar-refractivity contribution < 1.29 is 14.8 Å². The average Bonchev–Trinajstić information content (AvgIpc) is 2.50. The SMILES string of the molecule is Cc1ccc(O)c(/C=N/NC(=O)c2ccc([N+](=O)[O-])cc2)c1. The molecule has 0 bridgehead atoms. The molecule has 0 aliphatic heterocycles. The Morgan fingerprint density at radius 2 is 1.95 bits per heavy atom. The summed E-state index contributed by atoms with van der Waals surface area (Å²) in [6, 6.07) is 10.2. The van der Waals surface area contributed by atoms with Crippen molar-refractivity contribution in [1.29, 1.82) is 0 Å². The van der Waals surface area contributed by atoms with Crippen molar-refractivity contribution in [2.45, 2.75) is 6.92 Å². The van der Waals surface area contributed by atoms with E-state index in [2.05, 4.69) is 10.5 Å². The summed E-state index contributed by atoms with van der Waals surface area (Å²) in [6.07, 6.45) is 1.33. The fourth-order valence-corrected chi connectivity index (χ4v) is 1.74. The van der Waals surface area contributed by atoms with Gasteiger partial charge in [-0.2, -0.15) is 5.10 Å². The number of phenols is 1. The number of carbonyl (C=O) groups excluding carboxylic acids is 1. The number of amides is 1. The number of nitrogens with zero attached hydrogens (tertiary/aromatic N) is 2. The lowest BCUT2D eigenvalue weighted by Crippen LogP contribution is -2.17. The summed E-state index contributed by atoms with van der Waals surface area (Å²) in [6.45, 7) is 1.87. The minimum atomic E-state index is -0.541. The molecule has 0 atom stereocenters. The Hall–Kier alpha value is -3.22. The molecule has 0 fully saturated rings. The Morgan fingerprint density at radius 1 is 1.27 bits per heavy atom. The zero-order chi connectivity index (χ0) is 16.1. The van der Waals surface area contributed by atoms with Crippen molar-refractivity contribution >= 4 is 17.8 Å². The van der Waals surface area contributed by atoms with Gasteiger partial charge in [0.05, 0.1) is 11.1 Å². The molecular formula is C15H13N3O4. The molecule has 2 aromatic rings. The van der Waals surface area contributed by atoms with Gasteiger partial charge in [0.25, 0.3) is 11.6 Å². The maximum Gasteiger partial charge on any atom is 0.271 e. The zero-order valence-electron chi connectivity index (χ0n) is 11.7. The highest BCUT2D eigenvalue weighted by molar-refractivity contribution is 5.95. The fraction of sp³-hybridized carbons (Fsp3) is 0.0667. The Kier molecular flexibility index (Phi) is 4.47. The van der Waals surface area contributed by atoms with Crippen molar-refractivity contribution in [3.05, 3.63) is 69.3 Å². The molecule has 0 saturated carbocycles. The third kappa shape index (κ3) is 3.66. The zero-order valence-corrected chi connectivity index (χ0v) is 11.7. The summed E-state index contributed by atoms with van der Waals surface area (Å²) in [5, 5.41) is 23.9. The molecule has 2 aromatic carbocycles. The standard InChI is InChI=1S/C15H13N3O4/c1-10-2-7-14(19)12(8-10)9-16-17-15(20)11-3-5-13(6-4-11)18(21)22/h2-9,19H,1H3,(H,17,20)/b16-9+. The van der Waals surface area contributed by atoms with Gasteiger partial charge in [0, 0.05) is 23.3 Å². The first-order valence-corrected chi connectivity index (χ1v) is 6.35. The van der Waals surface area contributed by atoms with E-state index in [0.29, 0.717) is 5.56 Å². The number of phenolic OH excluding ortho intramolecular Hbond substituents is 1. The maximum atomic E-state index is 11.8. The molecule has 0 unspecified atom stereocenters. The van der Waals surface area contributed by atoms with Gasteiger partial charge in [-0.25, -0.2) is 5.43 Å². The number of aromatic hydroxyl groups is 1. The lowest BCUT2D eigenvalue weighted by Gasteiger charge is -2.01. The molecule has 0 radical (unpaired) electrons. The van der Waals surface area contributed by atoms with Crippen molar-refractivity contribution in [1.82, 2.24) is 5.43 Å². The number of aryl methyl sites for hydroxylation is 1. The van der Waals surface area contributed by atoms with Crippen molar-refractivity contribution in [2.75, 3.05) is 0 Å². The van der Waals surface area contributed by atoms with E-state index in [1.54, 1.807) is 12.1 Å². The van der Waals surface area contributed by atoms with Crippen LogP contribution in [0, 0.1) is 17.0 Å². The van der Waals surface area contributed by atoms with E-state index in [4.69, 9.17) is 0 Å². The number of carbonyl (C=O) groups is 1. The highest BCUT2D eigenvalue weighted by Crippen LogP contribution is 2.16. The van der Waals surface area contributed by atoms with E-state index in [9.17, 15) is 20.0 Å². The quantitative estimate of drug-likeness (QED) is 0.513. The molecule has 0 aromatic heterocycles. The van der Waals surface area contributed by atoms with Gasteiger partial charge in [0.15, 0.2) is 0 Å². The topological polar surface area (TPSA) is 105 Å². The largest absolute Gasteiger partial charge is 0.507 e. The van der Waals surface area contributed by atoms with Gasteiger partial charge in [-0.05, 0) is 31.2 Å². The predicted molar refractivity (Wildman–Crippen MR) is 81.0 cm³/mol. The molecule has 7 nitrogen and oxygen atoms in total. The van der Waals surface area contributed by atoms with Gasteiger partial charge in [0.1, 0.15) is 5.75 Å². The molecule has 22 heavy (non-hydrogen) atoms. The number of nitrogens with one attached hydrogen (secondary N) is 1. The van der Waals surface area contributed by atoms with E-state index in [0.717, 1.165) is 5.56 Å². The summed E-state index contributed by atoms with van der Waals surface area (Å²) in [7, 11) is 0. The number of non-ortho nitro benzene ring substituents is 1. The number of benzene rings is 2. The van der Waals surface area contributed by atoms with Crippen molar-refractivity contribution in [3.8, 4) is 5.75 Å². The van der Waals surface area contributed by atoms with E-state index >= 15 is 0 Å². The van der Waals surface area contributed by atoms with Gasteiger partial charge >= 0.3 is 0 Å². The smallest absolute Gasteiger partial charge is 0.271 e. The van der Waals surface area contributed by atoms with Crippen LogP contribution < -0.4 is 5.43 Å². The summed E-state index contributed by atoms with van der Waals surface area (Å²) >= 11 is 0. The second-order valence-electron chi connectivity index (χ2n) is 4.57. The molecule has 7 heteroatoms. The molecule has 2 rings (SSSR count). The normalized spacial score (nSPS) is 10.6. The predicted octanol–water partition coefficient (Wildman–Crippen LogP) is 2.37. The van der Waals surface area contributed by atoms with Gasteiger partial charge in [-0.15, -0.1) is 0 Å². The van der Waals surface area contributed by atoms with E-state index in [-0.39, 0.29) is 17.0 Å². The first-order valence-electron chi connectivity index (χ1n) is 6.35. The van der Waals surface area contributed by atoms with Crippen LogP contribution in [0.2, 0.25) is 0 Å². The number of hydrogen-bond acceptors (Lipinski definition) is 5. The van der Waals surface area contributed by atoms with Crippen LogP contribution in [-0.4, -0.2) is 22.2 Å². The molecule has 112 valence electrons. The molecule has 0 aliphatic carbocycles. The van der Waals surface area contributed by atoms with Crippen LogP contribution in [0.1, 0.15) is 21.5 Å². The van der Waals surface area contributed by atoms with Crippen LogP contribution in [0.4, 0.5) is 5.69 Å². The average molecular weight is 299 g/mol. The van der Waals surface area contributed by atoms with E-state index < -0.39 is 10.8 Å².